The summed E-state index contributed by atoms with van der Waals surface area (Å²) in [5.74, 6) is 1.80. The third-order valence-electron chi connectivity index (χ3n) is 3.28. The molecule has 1 amide bonds. The van der Waals surface area contributed by atoms with Crippen LogP contribution in [0, 0.1) is 0 Å². The maximum absolute atomic E-state index is 12.4. The summed E-state index contributed by atoms with van der Waals surface area (Å²) in [7, 11) is 0. The molecule has 120 valence electrons. The van der Waals surface area contributed by atoms with Gasteiger partial charge in [-0.3, -0.25) is 9.69 Å². The highest BCUT2D eigenvalue weighted by Gasteiger charge is 2.31. The third kappa shape index (κ3) is 3.07. The molecule has 2 aliphatic rings. The van der Waals surface area contributed by atoms with E-state index in [9.17, 15) is 4.79 Å². The van der Waals surface area contributed by atoms with E-state index in [1.807, 2.05) is 13.0 Å². The van der Waals surface area contributed by atoms with Crippen LogP contribution in [-0.4, -0.2) is 35.1 Å². The molecule has 2 aliphatic heterocycles. The number of fused-ring (bicyclic) bond motifs is 1. The summed E-state index contributed by atoms with van der Waals surface area (Å²) in [6.07, 6.45) is 3.43. The largest absolute Gasteiger partial charge is 0.493 e. The molecule has 0 bridgehead atoms. The molecule has 3 rings (SSSR count). The number of ether oxygens (including phenoxy) is 3. The van der Waals surface area contributed by atoms with Crippen LogP contribution in [0.25, 0.3) is 6.08 Å². The second-order valence-electron chi connectivity index (χ2n) is 4.76. The van der Waals surface area contributed by atoms with Gasteiger partial charge >= 0.3 is 0 Å². The Morgan fingerprint density at radius 2 is 2.17 bits per heavy atom. The van der Waals surface area contributed by atoms with Gasteiger partial charge in [-0.25, -0.2) is 0 Å². The number of thiocarbonyl (C=S) groups is 1. The first-order valence-corrected chi connectivity index (χ1v) is 8.29. The molecule has 0 aromatic heterocycles. The minimum absolute atomic E-state index is 0.125. The SMILES string of the molecule is C=CCN1C(=O)/C(=C\c2cc3c(cc2OCC)OCO3)SC1=S. The van der Waals surface area contributed by atoms with Gasteiger partial charge in [0.2, 0.25) is 6.79 Å². The van der Waals surface area contributed by atoms with Crippen molar-refractivity contribution >= 4 is 40.3 Å². The molecular formula is C16H15NO4S2. The first-order chi connectivity index (χ1) is 11.1. The Bertz CT molecular complexity index is 714. The average molecular weight is 349 g/mol. The predicted molar refractivity (Wildman–Crippen MR) is 93.8 cm³/mol. The summed E-state index contributed by atoms with van der Waals surface area (Å²) in [5, 5.41) is 0. The van der Waals surface area contributed by atoms with Gasteiger partial charge in [-0.15, -0.1) is 6.58 Å². The van der Waals surface area contributed by atoms with Gasteiger partial charge in [0, 0.05) is 18.2 Å². The highest BCUT2D eigenvalue weighted by molar-refractivity contribution is 8.26. The van der Waals surface area contributed by atoms with Crippen LogP contribution >= 0.6 is 24.0 Å². The van der Waals surface area contributed by atoms with Gasteiger partial charge in [-0.1, -0.05) is 30.1 Å². The minimum Gasteiger partial charge on any atom is -0.493 e. The minimum atomic E-state index is -0.125. The van der Waals surface area contributed by atoms with Crippen molar-refractivity contribution in [2.24, 2.45) is 0 Å². The summed E-state index contributed by atoms with van der Waals surface area (Å²) in [4.78, 5) is 14.5. The van der Waals surface area contributed by atoms with Crippen LogP contribution in [0.4, 0.5) is 0 Å². The number of amides is 1. The van der Waals surface area contributed by atoms with Crippen molar-refractivity contribution < 1.29 is 19.0 Å². The number of hydrogen-bond donors (Lipinski definition) is 0. The molecule has 0 aliphatic carbocycles. The standard InChI is InChI=1S/C16H15NO4S2/c1-3-5-17-15(18)14(23-16(17)22)7-10-6-12-13(21-9-20-12)8-11(10)19-4-2/h3,6-8H,1,4-5,9H2,2H3/b14-7+. The van der Waals surface area contributed by atoms with Crippen LogP contribution in [0.15, 0.2) is 29.7 Å². The summed E-state index contributed by atoms with van der Waals surface area (Å²) >= 11 is 6.51. The van der Waals surface area contributed by atoms with Crippen molar-refractivity contribution in [1.29, 1.82) is 0 Å². The second-order valence-corrected chi connectivity index (χ2v) is 6.43. The number of hydrogen-bond acceptors (Lipinski definition) is 6. The fraction of sp³-hybridized carbons (Fsp3) is 0.250. The van der Waals surface area contributed by atoms with E-state index in [2.05, 4.69) is 6.58 Å². The molecule has 1 saturated heterocycles. The Morgan fingerprint density at radius 3 is 2.87 bits per heavy atom. The zero-order valence-electron chi connectivity index (χ0n) is 12.5. The lowest BCUT2D eigenvalue weighted by molar-refractivity contribution is -0.121. The molecule has 7 heteroatoms. The van der Waals surface area contributed by atoms with Crippen LogP contribution in [-0.2, 0) is 4.79 Å². The lowest BCUT2D eigenvalue weighted by Crippen LogP contribution is -2.27. The second kappa shape index (κ2) is 6.64. The van der Waals surface area contributed by atoms with Gasteiger partial charge < -0.3 is 14.2 Å². The van der Waals surface area contributed by atoms with Gasteiger partial charge in [0.15, 0.2) is 11.5 Å². The van der Waals surface area contributed by atoms with Crippen LogP contribution in [0.2, 0.25) is 0 Å². The molecule has 0 atom stereocenters. The normalized spacial score (nSPS) is 18.0. The van der Waals surface area contributed by atoms with Crippen molar-refractivity contribution in [1.82, 2.24) is 4.90 Å². The summed E-state index contributed by atoms with van der Waals surface area (Å²) in [5.41, 5.74) is 0.759. The predicted octanol–water partition coefficient (Wildman–Crippen LogP) is 3.20. The Kier molecular flexibility index (Phi) is 4.58. The lowest BCUT2D eigenvalue weighted by Gasteiger charge is -2.11. The molecule has 5 nitrogen and oxygen atoms in total. The molecule has 1 fully saturated rings. The van der Waals surface area contributed by atoms with Crippen molar-refractivity contribution in [3.63, 3.8) is 0 Å². The van der Waals surface area contributed by atoms with Gasteiger partial charge in [0.25, 0.3) is 5.91 Å². The van der Waals surface area contributed by atoms with E-state index in [-0.39, 0.29) is 12.7 Å². The molecule has 1 aromatic carbocycles. The molecule has 0 unspecified atom stereocenters. The molecule has 0 radical (unpaired) electrons. The van der Waals surface area contributed by atoms with Crippen LogP contribution in [0.3, 0.4) is 0 Å². The van der Waals surface area contributed by atoms with E-state index >= 15 is 0 Å². The van der Waals surface area contributed by atoms with Crippen molar-refractivity contribution in [2.45, 2.75) is 6.92 Å². The summed E-state index contributed by atoms with van der Waals surface area (Å²) in [6.45, 7) is 6.65. The van der Waals surface area contributed by atoms with Gasteiger partial charge in [0.05, 0.1) is 11.5 Å². The van der Waals surface area contributed by atoms with Gasteiger partial charge in [-0.05, 0) is 19.1 Å². The fourth-order valence-corrected chi connectivity index (χ4v) is 3.53. The maximum atomic E-state index is 12.4. The third-order valence-corrected chi connectivity index (χ3v) is 4.65. The first-order valence-electron chi connectivity index (χ1n) is 7.06. The van der Waals surface area contributed by atoms with Crippen molar-refractivity contribution in [2.75, 3.05) is 19.9 Å². The Morgan fingerprint density at radius 1 is 1.43 bits per heavy atom. The Hall–Kier alpha value is -1.99. The zero-order valence-corrected chi connectivity index (χ0v) is 14.2. The number of carbonyl (C=O) groups excluding carboxylic acids is 1. The highest BCUT2D eigenvalue weighted by atomic mass is 32.2. The van der Waals surface area contributed by atoms with E-state index < -0.39 is 0 Å². The molecule has 1 aromatic rings. The van der Waals surface area contributed by atoms with E-state index in [1.165, 1.54) is 16.7 Å². The topological polar surface area (TPSA) is 48.0 Å². The van der Waals surface area contributed by atoms with Gasteiger partial charge in [-0.2, -0.15) is 0 Å². The van der Waals surface area contributed by atoms with Crippen molar-refractivity contribution in [3.05, 3.63) is 35.3 Å². The van der Waals surface area contributed by atoms with Crippen molar-refractivity contribution in [3.8, 4) is 17.2 Å². The quantitative estimate of drug-likeness (QED) is 0.462. The lowest BCUT2D eigenvalue weighted by atomic mass is 10.1. The smallest absolute Gasteiger partial charge is 0.266 e. The van der Waals surface area contributed by atoms with Crippen LogP contribution < -0.4 is 14.2 Å². The Labute approximate surface area is 143 Å². The van der Waals surface area contributed by atoms with E-state index in [0.29, 0.717) is 39.6 Å². The molecule has 0 N–H and O–H groups in total. The summed E-state index contributed by atoms with van der Waals surface area (Å²) in [6, 6.07) is 3.59. The number of carbonyl (C=O) groups is 1. The van der Waals surface area contributed by atoms with E-state index in [4.69, 9.17) is 26.4 Å². The number of thioether (sulfide) groups is 1. The average Bonchev–Trinajstić information content (AvgIpc) is 3.08. The van der Waals surface area contributed by atoms with Crippen LogP contribution in [0.1, 0.15) is 12.5 Å². The molecule has 0 saturated carbocycles. The van der Waals surface area contributed by atoms with E-state index in [0.717, 1.165) is 5.56 Å². The van der Waals surface area contributed by atoms with Crippen LogP contribution in [0.5, 0.6) is 17.2 Å². The molecule has 23 heavy (non-hydrogen) atoms. The molecule has 0 spiro atoms. The number of benzene rings is 1. The number of rotatable bonds is 5. The summed E-state index contributed by atoms with van der Waals surface area (Å²) < 4.78 is 16.9. The molecule has 2 heterocycles. The monoisotopic (exact) mass is 349 g/mol. The Balaban J connectivity index is 1.97. The maximum Gasteiger partial charge on any atom is 0.266 e. The van der Waals surface area contributed by atoms with Gasteiger partial charge in [0.1, 0.15) is 10.1 Å². The molecular weight excluding hydrogens is 334 g/mol. The zero-order chi connectivity index (χ0) is 16.4. The number of nitrogens with zero attached hydrogens (tertiary/aromatic N) is 1. The highest BCUT2D eigenvalue weighted by Crippen LogP contribution is 2.41. The fourth-order valence-electron chi connectivity index (χ4n) is 2.26. The van der Waals surface area contributed by atoms with E-state index in [1.54, 1.807) is 18.2 Å². The first kappa shape index (κ1) is 15.9.